The Morgan fingerprint density at radius 2 is 2.27 bits per heavy atom. The normalized spacial score (nSPS) is 17.7. The minimum absolute atomic E-state index is 0.120. The summed E-state index contributed by atoms with van der Waals surface area (Å²) in [6.45, 7) is 3.03. The van der Waals surface area contributed by atoms with Crippen LogP contribution in [0.3, 0.4) is 0 Å². The van der Waals surface area contributed by atoms with E-state index in [1.54, 1.807) is 24.7 Å². The zero-order valence-corrected chi connectivity index (χ0v) is 14.4. The monoisotopic (exact) mass is 382 g/mol. The summed E-state index contributed by atoms with van der Waals surface area (Å²) in [7, 11) is 0. The van der Waals surface area contributed by atoms with Gasteiger partial charge < -0.3 is 9.64 Å². The molecule has 3 rings (SSSR count). The number of nitrogens with zero attached hydrogens (tertiary/aromatic N) is 4. The first-order chi connectivity index (χ1) is 10.7. The van der Waals surface area contributed by atoms with Crippen LogP contribution in [0.15, 0.2) is 22.2 Å². The topological polar surface area (TPSA) is 68.2 Å². The Hall–Kier alpha value is -1.54. The van der Waals surface area contributed by atoms with Crippen molar-refractivity contribution < 1.29 is 9.53 Å². The van der Waals surface area contributed by atoms with Gasteiger partial charge in [0, 0.05) is 24.3 Å². The molecule has 0 aromatic carbocycles. The SMILES string of the molecule is CCOC(=O)c1csc(C2CCCN2c2ncc(Br)cn2)n1. The Labute approximate surface area is 140 Å². The molecule has 1 aliphatic heterocycles. The maximum atomic E-state index is 11.7. The Balaban J connectivity index is 1.81. The number of hydrogen-bond donors (Lipinski definition) is 0. The Bertz CT molecular complexity index is 661. The van der Waals surface area contributed by atoms with Crippen LogP contribution in [0.4, 0.5) is 5.95 Å². The molecule has 6 nitrogen and oxygen atoms in total. The molecule has 2 aromatic heterocycles. The molecule has 116 valence electrons. The second kappa shape index (κ2) is 6.70. The number of hydrogen-bond acceptors (Lipinski definition) is 7. The highest BCUT2D eigenvalue weighted by Crippen LogP contribution is 2.35. The van der Waals surface area contributed by atoms with Crippen molar-refractivity contribution in [2.75, 3.05) is 18.1 Å². The maximum Gasteiger partial charge on any atom is 0.357 e. The van der Waals surface area contributed by atoms with Gasteiger partial charge >= 0.3 is 5.97 Å². The Morgan fingerprint density at radius 1 is 1.50 bits per heavy atom. The number of ether oxygens (including phenoxy) is 1. The van der Waals surface area contributed by atoms with Gasteiger partial charge in [0.1, 0.15) is 5.01 Å². The predicted molar refractivity (Wildman–Crippen MR) is 87.1 cm³/mol. The largest absolute Gasteiger partial charge is 0.461 e. The third-order valence-corrected chi connectivity index (χ3v) is 4.76. The molecule has 0 radical (unpaired) electrons. The van der Waals surface area contributed by atoms with Crippen molar-refractivity contribution in [1.29, 1.82) is 0 Å². The highest BCUT2D eigenvalue weighted by molar-refractivity contribution is 9.10. The molecular weight excluding hydrogens is 368 g/mol. The molecule has 0 saturated carbocycles. The van der Waals surface area contributed by atoms with Gasteiger partial charge in [0.15, 0.2) is 5.69 Å². The van der Waals surface area contributed by atoms with Crippen LogP contribution in [0.2, 0.25) is 0 Å². The number of esters is 1. The molecule has 1 unspecified atom stereocenters. The minimum Gasteiger partial charge on any atom is -0.461 e. The van der Waals surface area contributed by atoms with Gasteiger partial charge in [-0.3, -0.25) is 0 Å². The molecule has 0 amide bonds. The number of thiazole rings is 1. The van der Waals surface area contributed by atoms with E-state index < -0.39 is 0 Å². The van der Waals surface area contributed by atoms with Gasteiger partial charge in [0.25, 0.3) is 0 Å². The summed E-state index contributed by atoms with van der Waals surface area (Å²) in [4.78, 5) is 27.0. The molecule has 0 N–H and O–H groups in total. The van der Waals surface area contributed by atoms with Crippen molar-refractivity contribution in [2.45, 2.75) is 25.8 Å². The number of halogens is 1. The number of rotatable bonds is 4. The molecule has 3 heterocycles. The highest BCUT2D eigenvalue weighted by Gasteiger charge is 2.31. The zero-order valence-electron chi connectivity index (χ0n) is 12.0. The lowest BCUT2D eigenvalue weighted by atomic mass is 10.2. The van der Waals surface area contributed by atoms with Crippen molar-refractivity contribution in [2.24, 2.45) is 0 Å². The van der Waals surface area contributed by atoms with Gasteiger partial charge in [-0.15, -0.1) is 11.3 Å². The summed E-state index contributed by atoms with van der Waals surface area (Å²) >= 11 is 4.83. The third-order valence-electron chi connectivity index (χ3n) is 3.41. The van der Waals surface area contributed by atoms with Crippen molar-refractivity contribution in [3.63, 3.8) is 0 Å². The molecule has 1 atom stereocenters. The lowest BCUT2D eigenvalue weighted by molar-refractivity contribution is 0.0520. The van der Waals surface area contributed by atoms with Crippen molar-refractivity contribution >= 4 is 39.2 Å². The predicted octanol–water partition coefficient (Wildman–Crippen LogP) is 3.21. The summed E-state index contributed by atoms with van der Waals surface area (Å²) in [6, 6.07) is 0.120. The van der Waals surface area contributed by atoms with E-state index >= 15 is 0 Å². The average molecular weight is 383 g/mol. The second-order valence-corrected chi connectivity index (χ2v) is 6.65. The quantitative estimate of drug-likeness (QED) is 0.756. The van der Waals surface area contributed by atoms with Crippen molar-refractivity contribution in [1.82, 2.24) is 15.0 Å². The van der Waals surface area contributed by atoms with Crippen LogP contribution in [0.5, 0.6) is 0 Å². The van der Waals surface area contributed by atoms with Gasteiger partial charge in [-0.25, -0.2) is 19.7 Å². The van der Waals surface area contributed by atoms with Gasteiger partial charge in [-0.05, 0) is 35.7 Å². The van der Waals surface area contributed by atoms with E-state index in [9.17, 15) is 4.79 Å². The average Bonchev–Trinajstić information content (AvgIpc) is 3.17. The van der Waals surface area contributed by atoms with E-state index in [4.69, 9.17) is 4.74 Å². The van der Waals surface area contributed by atoms with Crippen LogP contribution in [-0.4, -0.2) is 34.1 Å². The first-order valence-corrected chi connectivity index (χ1v) is 8.73. The Kier molecular flexibility index (Phi) is 4.68. The van der Waals surface area contributed by atoms with Crippen LogP contribution in [0.1, 0.15) is 41.3 Å². The number of carbonyl (C=O) groups excluding carboxylic acids is 1. The molecule has 0 spiro atoms. The minimum atomic E-state index is -0.366. The second-order valence-electron chi connectivity index (χ2n) is 4.84. The summed E-state index contributed by atoms with van der Waals surface area (Å²) < 4.78 is 5.84. The fourth-order valence-electron chi connectivity index (χ4n) is 2.46. The first kappa shape index (κ1) is 15.4. The van der Waals surface area contributed by atoms with Gasteiger partial charge in [0.2, 0.25) is 5.95 Å². The first-order valence-electron chi connectivity index (χ1n) is 7.05. The van der Waals surface area contributed by atoms with E-state index in [-0.39, 0.29) is 12.0 Å². The molecule has 2 aromatic rings. The van der Waals surface area contributed by atoms with E-state index in [2.05, 4.69) is 35.8 Å². The highest BCUT2D eigenvalue weighted by atomic mass is 79.9. The molecule has 0 aliphatic carbocycles. The fraction of sp³-hybridized carbons (Fsp3) is 0.429. The number of anilines is 1. The lowest BCUT2D eigenvalue weighted by Crippen LogP contribution is -2.24. The number of carbonyl (C=O) groups is 1. The summed E-state index contributed by atoms with van der Waals surface area (Å²) in [5.74, 6) is 0.327. The van der Waals surface area contributed by atoms with Gasteiger partial charge in [-0.2, -0.15) is 0 Å². The molecule has 8 heteroatoms. The van der Waals surface area contributed by atoms with E-state index in [1.165, 1.54) is 11.3 Å². The Morgan fingerprint density at radius 3 is 3.00 bits per heavy atom. The standard InChI is InChI=1S/C14H15BrN4O2S/c1-2-21-13(20)10-8-22-12(18-10)11-4-3-5-19(11)14-16-6-9(15)7-17-14/h6-8,11H,2-5H2,1H3. The van der Waals surface area contributed by atoms with E-state index in [1.807, 2.05) is 0 Å². The van der Waals surface area contributed by atoms with Gasteiger partial charge in [0.05, 0.1) is 17.1 Å². The third kappa shape index (κ3) is 3.12. The van der Waals surface area contributed by atoms with Gasteiger partial charge in [-0.1, -0.05) is 0 Å². The summed E-state index contributed by atoms with van der Waals surface area (Å²) in [6.07, 6.45) is 5.51. The van der Waals surface area contributed by atoms with E-state index in [0.29, 0.717) is 18.2 Å². The summed E-state index contributed by atoms with van der Waals surface area (Å²) in [5.41, 5.74) is 0.380. The smallest absolute Gasteiger partial charge is 0.357 e. The molecule has 0 bridgehead atoms. The van der Waals surface area contributed by atoms with Crippen LogP contribution < -0.4 is 4.90 Å². The van der Waals surface area contributed by atoms with Crippen LogP contribution in [-0.2, 0) is 4.74 Å². The number of aromatic nitrogens is 3. The molecular formula is C14H15BrN4O2S. The summed E-state index contributed by atoms with van der Waals surface area (Å²) in [5, 5.41) is 2.67. The zero-order chi connectivity index (χ0) is 15.5. The molecule has 1 saturated heterocycles. The molecule has 1 fully saturated rings. The van der Waals surface area contributed by atoms with Crippen LogP contribution >= 0.6 is 27.3 Å². The molecule has 1 aliphatic rings. The molecule has 22 heavy (non-hydrogen) atoms. The maximum absolute atomic E-state index is 11.7. The van der Waals surface area contributed by atoms with Crippen LogP contribution in [0, 0.1) is 0 Å². The van der Waals surface area contributed by atoms with Crippen LogP contribution in [0.25, 0.3) is 0 Å². The van der Waals surface area contributed by atoms with Crippen molar-refractivity contribution in [3.8, 4) is 0 Å². The van der Waals surface area contributed by atoms with Crippen molar-refractivity contribution in [3.05, 3.63) is 32.9 Å². The lowest BCUT2D eigenvalue weighted by Gasteiger charge is -2.22. The fourth-order valence-corrected chi connectivity index (χ4v) is 3.60. The van der Waals surface area contributed by atoms with E-state index in [0.717, 1.165) is 28.9 Å².